The van der Waals surface area contributed by atoms with Crippen LogP contribution in [0.2, 0.25) is 0 Å². The van der Waals surface area contributed by atoms with Gasteiger partial charge in [0.05, 0.1) is 6.54 Å². The molecular weight excluding hydrogens is 276 g/mol. The van der Waals surface area contributed by atoms with E-state index in [1.165, 1.54) is 24.9 Å². The standard InChI is InChI=1S/C17H28N4O/c1-20(2)13-10-18-14-17(22)19-15-6-8-16(9-7-15)21-11-4-3-5-12-21/h6-9,18H,3-5,10-14H2,1-2H3,(H,19,22). The lowest BCUT2D eigenvalue weighted by atomic mass is 10.1. The maximum Gasteiger partial charge on any atom is 0.238 e. The van der Waals surface area contributed by atoms with E-state index < -0.39 is 0 Å². The number of carbonyl (C=O) groups excluding carboxylic acids is 1. The molecular formula is C17H28N4O. The highest BCUT2D eigenvalue weighted by Gasteiger charge is 2.10. The molecule has 0 spiro atoms. The summed E-state index contributed by atoms with van der Waals surface area (Å²) >= 11 is 0. The number of anilines is 2. The van der Waals surface area contributed by atoms with Crippen LogP contribution < -0.4 is 15.5 Å². The van der Waals surface area contributed by atoms with Gasteiger partial charge in [0, 0.05) is 37.6 Å². The van der Waals surface area contributed by atoms with E-state index in [2.05, 4.69) is 32.6 Å². The van der Waals surface area contributed by atoms with E-state index in [-0.39, 0.29) is 5.91 Å². The molecule has 0 aromatic heterocycles. The first kappa shape index (κ1) is 16.8. The van der Waals surface area contributed by atoms with Crippen LogP contribution in [0.15, 0.2) is 24.3 Å². The smallest absolute Gasteiger partial charge is 0.238 e. The summed E-state index contributed by atoms with van der Waals surface area (Å²) in [5, 5.41) is 6.06. The van der Waals surface area contributed by atoms with Crippen molar-refractivity contribution < 1.29 is 4.79 Å². The SMILES string of the molecule is CN(C)CCNCC(=O)Nc1ccc(N2CCCCC2)cc1. The number of nitrogens with one attached hydrogen (secondary N) is 2. The molecule has 2 rings (SSSR count). The molecule has 5 nitrogen and oxygen atoms in total. The molecule has 0 aliphatic carbocycles. The molecule has 0 atom stereocenters. The summed E-state index contributed by atoms with van der Waals surface area (Å²) in [5.74, 6) is 0.00415. The van der Waals surface area contributed by atoms with Crippen LogP contribution >= 0.6 is 0 Å². The van der Waals surface area contributed by atoms with E-state index in [4.69, 9.17) is 0 Å². The fourth-order valence-corrected chi connectivity index (χ4v) is 2.62. The van der Waals surface area contributed by atoms with Crippen molar-refractivity contribution in [2.75, 3.05) is 57.0 Å². The second kappa shape index (κ2) is 8.76. The van der Waals surface area contributed by atoms with Crippen LogP contribution in [0.25, 0.3) is 0 Å². The van der Waals surface area contributed by atoms with E-state index in [1.54, 1.807) is 0 Å². The Bertz CT molecular complexity index is 452. The van der Waals surface area contributed by atoms with Crippen molar-refractivity contribution in [2.45, 2.75) is 19.3 Å². The highest BCUT2D eigenvalue weighted by Crippen LogP contribution is 2.21. The maximum absolute atomic E-state index is 11.8. The van der Waals surface area contributed by atoms with E-state index in [0.29, 0.717) is 6.54 Å². The van der Waals surface area contributed by atoms with Gasteiger partial charge >= 0.3 is 0 Å². The van der Waals surface area contributed by atoms with Gasteiger partial charge in [0.15, 0.2) is 0 Å². The van der Waals surface area contributed by atoms with Crippen LogP contribution in [0.1, 0.15) is 19.3 Å². The predicted octanol–water partition coefficient (Wildman–Crippen LogP) is 1.77. The highest BCUT2D eigenvalue weighted by molar-refractivity contribution is 5.92. The van der Waals surface area contributed by atoms with Crippen molar-refractivity contribution in [3.8, 4) is 0 Å². The quantitative estimate of drug-likeness (QED) is 0.754. The lowest BCUT2D eigenvalue weighted by Crippen LogP contribution is -2.33. The number of amides is 1. The van der Waals surface area contributed by atoms with Crippen molar-refractivity contribution in [1.82, 2.24) is 10.2 Å². The Morgan fingerprint density at radius 2 is 1.82 bits per heavy atom. The van der Waals surface area contributed by atoms with Gasteiger partial charge in [-0.2, -0.15) is 0 Å². The predicted molar refractivity (Wildman–Crippen MR) is 92.6 cm³/mol. The molecule has 1 saturated heterocycles. The van der Waals surface area contributed by atoms with Gasteiger partial charge in [-0.1, -0.05) is 0 Å². The number of rotatable bonds is 7. The normalized spacial score (nSPS) is 15.1. The molecule has 1 aliphatic heterocycles. The van der Waals surface area contributed by atoms with Crippen molar-refractivity contribution >= 4 is 17.3 Å². The number of benzene rings is 1. The van der Waals surface area contributed by atoms with Crippen LogP contribution in [0.5, 0.6) is 0 Å². The minimum Gasteiger partial charge on any atom is -0.372 e. The molecule has 0 radical (unpaired) electrons. The summed E-state index contributed by atoms with van der Waals surface area (Å²) in [7, 11) is 4.04. The molecule has 122 valence electrons. The molecule has 1 fully saturated rings. The largest absolute Gasteiger partial charge is 0.372 e. The monoisotopic (exact) mass is 304 g/mol. The van der Waals surface area contributed by atoms with Crippen molar-refractivity contribution in [3.05, 3.63) is 24.3 Å². The molecule has 1 aromatic carbocycles. The molecule has 22 heavy (non-hydrogen) atoms. The Labute approximate surface area is 133 Å². The maximum atomic E-state index is 11.8. The van der Waals surface area contributed by atoms with Gasteiger partial charge in [0.1, 0.15) is 0 Å². The fraction of sp³-hybridized carbons (Fsp3) is 0.588. The zero-order valence-corrected chi connectivity index (χ0v) is 13.8. The number of piperidine rings is 1. The minimum absolute atomic E-state index is 0.00415. The Morgan fingerprint density at radius 1 is 1.14 bits per heavy atom. The van der Waals surface area contributed by atoms with Crippen molar-refractivity contribution in [3.63, 3.8) is 0 Å². The summed E-state index contributed by atoms with van der Waals surface area (Å²) in [6.45, 7) is 4.37. The van der Waals surface area contributed by atoms with E-state index in [1.807, 2.05) is 26.2 Å². The zero-order chi connectivity index (χ0) is 15.8. The Kier molecular flexibility index (Phi) is 6.68. The first-order valence-corrected chi connectivity index (χ1v) is 8.15. The summed E-state index contributed by atoms with van der Waals surface area (Å²) in [6.07, 6.45) is 3.89. The minimum atomic E-state index is 0.00415. The Balaban J connectivity index is 1.74. The number of likely N-dealkylation sites (N-methyl/N-ethyl adjacent to an activating group) is 1. The topological polar surface area (TPSA) is 47.6 Å². The molecule has 1 amide bonds. The number of carbonyl (C=O) groups is 1. The summed E-state index contributed by atoms with van der Waals surface area (Å²) < 4.78 is 0. The van der Waals surface area contributed by atoms with Gasteiger partial charge in [-0.25, -0.2) is 0 Å². The molecule has 0 unspecified atom stereocenters. The summed E-state index contributed by atoms with van der Waals surface area (Å²) in [5.41, 5.74) is 2.11. The van der Waals surface area contributed by atoms with Gasteiger partial charge in [0.25, 0.3) is 0 Å². The summed E-state index contributed by atoms with van der Waals surface area (Å²) in [4.78, 5) is 16.3. The van der Waals surface area contributed by atoms with E-state index >= 15 is 0 Å². The molecule has 2 N–H and O–H groups in total. The van der Waals surface area contributed by atoms with E-state index in [9.17, 15) is 4.79 Å². The first-order valence-electron chi connectivity index (χ1n) is 8.15. The number of hydrogen-bond donors (Lipinski definition) is 2. The van der Waals surface area contributed by atoms with Crippen molar-refractivity contribution in [1.29, 1.82) is 0 Å². The third kappa shape index (κ3) is 5.66. The second-order valence-corrected chi connectivity index (χ2v) is 6.12. The van der Waals surface area contributed by atoms with Gasteiger partial charge < -0.3 is 20.4 Å². The van der Waals surface area contributed by atoms with Gasteiger partial charge in [-0.3, -0.25) is 4.79 Å². The average molecular weight is 304 g/mol. The van der Waals surface area contributed by atoms with Crippen LogP contribution in [0.3, 0.4) is 0 Å². The van der Waals surface area contributed by atoms with Crippen LogP contribution in [0.4, 0.5) is 11.4 Å². The second-order valence-electron chi connectivity index (χ2n) is 6.12. The molecule has 1 heterocycles. The molecule has 5 heteroatoms. The first-order chi connectivity index (χ1) is 10.6. The Morgan fingerprint density at radius 3 is 2.45 bits per heavy atom. The van der Waals surface area contributed by atoms with Crippen LogP contribution in [-0.4, -0.2) is 57.6 Å². The van der Waals surface area contributed by atoms with Gasteiger partial charge in [-0.05, 0) is 57.6 Å². The number of nitrogens with zero attached hydrogens (tertiary/aromatic N) is 2. The third-order valence-corrected chi connectivity index (χ3v) is 3.89. The molecule has 1 aromatic rings. The van der Waals surface area contributed by atoms with Gasteiger partial charge in [0.2, 0.25) is 5.91 Å². The molecule has 0 saturated carbocycles. The average Bonchev–Trinajstić information content (AvgIpc) is 2.53. The fourth-order valence-electron chi connectivity index (χ4n) is 2.62. The lowest BCUT2D eigenvalue weighted by Gasteiger charge is -2.28. The number of hydrogen-bond acceptors (Lipinski definition) is 4. The van der Waals surface area contributed by atoms with Crippen LogP contribution in [-0.2, 0) is 4.79 Å². The molecule has 0 bridgehead atoms. The van der Waals surface area contributed by atoms with E-state index in [0.717, 1.165) is 31.9 Å². The summed E-state index contributed by atoms with van der Waals surface area (Å²) in [6, 6.07) is 8.17. The third-order valence-electron chi connectivity index (χ3n) is 3.89. The van der Waals surface area contributed by atoms with Crippen LogP contribution in [0, 0.1) is 0 Å². The Hall–Kier alpha value is -1.59. The van der Waals surface area contributed by atoms with Gasteiger partial charge in [-0.15, -0.1) is 0 Å². The highest BCUT2D eigenvalue weighted by atomic mass is 16.1. The van der Waals surface area contributed by atoms with Crippen molar-refractivity contribution in [2.24, 2.45) is 0 Å². The molecule has 1 aliphatic rings. The lowest BCUT2D eigenvalue weighted by molar-refractivity contribution is -0.115. The zero-order valence-electron chi connectivity index (χ0n) is 13.8.